The summed E-state index contributed by atoms with van der Waals surface area (Å²) in [7, 11) is 0. The molecule has 0 aromatic heterocycles. The number of carbonyl (C=O) groups is 1. The number of hydrogen-bond acceptors (Lipinski definition) is 3. The fourth-order valence-corrected chi connectivity index (χ4v) is 2.36. The van der Waals surface area contributed by atoms with Gasteiger partial charge in [-0.15, -0.1) is 11.8 Å². The SMILES string of the molecule is Cc1cc(O)ccc1NC(=O)CSc1ccccc1. The minimum Gasteiger partial charge on any atom is -0.508 e. The van der Waals surface area contributed by atoms with Crippen molar-refractivity contribution in [2.75, 3.05) is 11.1 Å². The lowest BCUT2D eigenvalue weighted by atomic mass is 10.2. The highest BCUT2D eigenvalue weighted by molar-refractivity contribution is 8.00. The van der Waals surface area contributed by atoms with Crippen molar-refractivity contribution in [3.63, 3.8) is 0 Å². The topological polar surface area (TPSA) is 49.3 Å². The number of anilines is 1. The third kappa shape index (κ3) is 4.03. The zero-order valence-corrected chi connectivity index (χ0v) is 11.4. The van der Waals surface area contributed by atoms with Gasteiger partial charge >= 0.3 is 0 Å². The van der Waals surface area contributed by atoms with Gasteiger partial charge < -0.3 is 10.4 Å². The molecular formula is C15H15NO2S. The number of nitrogens with one attached hydrogen (secondary N) is 1. The predicted molar refractivity (Wildman–Crippen MR) is 78.6 cm³/mol. The molecule has 0 aliphatic carbocycles. The molecule has 3 nitrogen and oxygen atoms in total. The maximum atomic E-state index is 11.8. The summed E-state index contributed by atoms with van der Waals surface area (Å²) < 4.78 is 0. The van der Waals surface area contributed by atoms with Gasteiger partial charge in [0.25, 0.3) is 0 Å². The van der Waals surface area contributed by atoms with E-state index in [9.17, 15) is 9.90 Å². The molecule has 0 bridgehead atoms. The highest BCUT2D eigenvalue weighted by Gasteiger charge is 2.06. The van der Waals surface area contributed by atoms with Crippen LogP contribution >= 0.6 is 11.8 Å². The average Bonchev–Trinajstić information content (AvgIpc) is 2.41. The van der Waals surface area contributed by atoms with Crippen LogP contribution in [0.25, 0.3) is 0 Å². The number of phenolic OH excluding ortho intramolecular Hbond substituents is 1. The molecule has 0 aliphatic heterocycles. The number of amides is 1. The van der Waals surface area contributed by atoms with Crippen LogP contribution in [0.15, 0.2) is 53.4 Å². The van der Waals surface area contributed by atoms with Crippen LogP contribution in [0.4, 0.5) is 5.69 Å². The van der Waals surface area contributed by atoms with Crippen molar-refractivity contribution in [3.8, 4) is 5.75 Å². The molecule has 2 aromatic carbocycles. The lowest BCUT2D eigenvalue weighted by molar-refractivity contribution is -0.113. The second-order valence-electron chi connectivity index (χ2n) is 4.15. The summed E-state index contributed by atoms with van der Waals surface area (Å²) in [5.74, 6) is 0.515. The first-order valence-corrected chi connectivity index (χ1v) is 6.91. The van der Waals surface area contributed by atoms with Gasteiger partial charge in [-0.3, -0.25) is 4.79 Å². The Hall–Kier alpha value is -1.94. The largest absolute Gasteiger partial charge is 0.508 e. The lowest BCUT2D eigenvalue weighted by Crippen LogP contribution is -2.14. The summed E-state index contributed by atoms with van der Waals surface area (Å²) >= 11 is 1.50. The van der Waals surface area contributed by atoms with E-state index in [0.717, 1.165) is 16.1 Å². The van der Waals surface area contributed by atoms with Crippen LogP contribution in [0, 0.1) is 6.92 Å². The molecular weight excluding hydrogens is 258 g/mol. The third-order valence-corrected chi connectivity index (χ3v) is 3.61. The summed E-state index contributed by atoms with van der Waals surface area (Å²) in [6, 6.07) is 14.7. The maximum absolute atomic E-state index is 11.8. The van der Waals surface area contributed by atoms with Gasteiger partial charge in [-0.05, 0) is 42.8 Å². The number of benzene rings is 2. The molecule has 0 unspecified atom stereocenters. The number of hydrogen-bond donors (Lipinski definition) is 2. The molecule has 2 rings (SSSR count). The van der Waals surface area contributed by atoms with E-state index in [1.54, 1.807) is 18.2 Å². The van der Waals surface area contributed by atoms with E-state index in [1.807, 2.05) is 37.3 Å². The Morgan fingerprint density at radius 1 is 1.21 bits per heavy atom. The van der Waals surface area contributed by atoms with Gasteiger partial charge in [-0.1, -0.05) is 18.2 Å². The predicted octanol–water partition coefficient (Wildman–Crippen LogP) is 3.43. The van der Waals surface area contributed by atoms with Gasteiger partial charge in [-0.2, -0.15) is 0 Å². The van der Waals surface area contributed by atoms with Crippen LogP contribution in [0.3, 0.4) is 0 Å². The first kappa shape index (κ1) is 13.5. The summed E-state index contributed by atoms with van der Waals surface area (Å²) in [6.07, 6.45) is 0. The fourth-order valence-electron chi connectivity index (χ4n) is 1.64. The van der Waals surface area contributed by atoms with Crippen molar-refractivity contribution in [2.45, 2.75) is 11.8 Å². The van der Waals surface area contributed by atoms with E-state index in [2.05, 4.69) is 5.32 Å². The van der Waals surface area contributed by atoms with Crippen molar-refractivity contribution in [2.24, 2.45) is 0 Å². The quantitative estimate of drug-likeness (QED) is 0.663. The minimum atomic E-state index is -0.0531. The van der Waals surface area contributed by atoms with Gasteiger partial charge in [0.2, 0.25) is 5.91 Å². The Morgan fingerprint density at radius 2 is 1.95 bits per heavy atom. The molecule has 0 saturated carbocycles. The summed E-state index contributed by atoms with van der Waals surface area (Å²) in [5, 5.41) is 12.1. The van der Waals surface area contributed by atoms with Crippen LogP contribution in [-0.2, 0) is 4.79 Å². The normalized spacial score (nSPS) is 10.2. The van der Waals surface area contributed by atoms with Crippen LogP contribution < -0.4 is 5.32 Å². The summed E-state index contributed by atoms with van der Waals surface area (Å²) in [5.41, 5.74) is 1.58. The van der Waals surface area contributed by atoms with Crippen LogP contribution in [-0.4, -0.2) is 16.8 Å². The highest BCUT2D eigenvalue weighted by Crippen LogP contribution is 2.21. The highest BCUT2D eigenvalue weighted by atomic mass is 32.2. The summed E-state index contributed by atoms with van der Waals surface area (Å²) in [6.45, 7) is 1.85. The third-order valence-electron chi connectivity index (χ3n) is 2.60. The van der Waals surface area contributed by atoms with Gasteiger partial charge in [0.05, 0.1) is 5.75 Å². The molecule has 1 amide bonds. The van der Waals surface area contributed by atoms with E-state index in [4.69, 9.17) is 0 Å². The molecule has 19 heavy (non-hydrogen) atoms. The second-order valence-corrected chi connectivity index (χ2v) is 5.20. The van der Waals surface area contributed by atoms with Crippen LogP contribution in [0.2, 0.25) is 0 Å². The molecule has 0 radical (unpaired) electrons. The molecule has 4 heteroatoms. The zero-order valence-electron chi connectivity index (χ0n) is 10.6. The van der Waals surface area contributed by atoms with Crippen molar-refractivity contribution < 1.29 is 9.90 Å². The molecule has 2 N–H and O–H groups in total. The van der Waals surface area contributed by atoms with E-state index >= 15 is 0 Å². The molecule has 0 aliphatic rings. The van der Waals surface area contributed by atoms with Gasteiger partial charge in [0.1, 0.15) is 5.75 Å². The molecule has 2 aromatic rings. The monoisotopic (exact) mass is 273 g/mol. The Kier molecular flexibility index (Phi) is 4.47. The number of phenols is 1. The molecule has 0 fully saturated rings. The molecule has 0 spiro atoms. The Bertz CT molecular complexity index is 570. The van der Waals surface area contributed by atoms with Crippen molar-refractivity contribution >= 4 is 23.4 Å². The average molecular weight is 273 g/mol. The van der Waals surface area contributed by atoms with Crippen LogP contribution in [0.1, 0.15) is 5.56 Å². The first-order valence-electron chi connectivity index (χ1n) is 5.92. The Labute approximate surface area is 116 Å². The lowest BCUT2D eigenvalue weighted by Gasteiger charge is -2.08. The Balaban J connectivity index is 1.91. The van der Waals surface area contributed by atoms with E-state index in [0.29, 0.717) is 5.75 Å². The van der Waals surface area contributed by atoms with Crippen molar-refractivity contribution in [1.82, 2.24) is 0 Å². The minimum absolute atomic E-state index is 0.0531. The smallest absolute Gasteiger partial charge is 0.234 e. The van der Waals surface area contributed by atoms with E-state index in [-0.39, 0.29) is 11.7 Å². The molecule has 0 heterocycles. The fraction of sp³-hybridized carbons (Fsp3) is 0.133. The number of rotatable bonds is 4. The maximum Gasteiger partial charge on any atom is 0.234 e. The molecule has 0 atom stereocenters. The van der Waals surface area contributed by atoms with Gasteiger partial charge in [0.15, 0.2) is 0 Å². The summed E-state index contributed by atoms with van der Waals surface area (Å²) in [4.78, 5) is 12.9. The number of aromatic hydroxyl groups is 1. The van der Waals surface area contributed by atoms with E-state index in [1.165, 1.54) is 11.8 Å². The number of aryl methyl sites for hydroxylation is 1. The zero-order chi connectivity index (χ0) is 13.7. The Morgan fingerprint density at radius 3 is 2.63 bits per heavy atom. The van der Waals surface area contributed by atoms with Gasteiger partial charge in [0, 0.05) is 10.6 Å². The van der Waals surface area contributed by atoms with E-state index < -0.39 is 0 Å². The molecule has 0 saturated heterocycles. The van der Waals surface area contributed by atoms with Crippen molar-refractivity contribution in [1.29, 1.82) is 0 Å². The van der Waals surface area contributed by atoms with Crippen LogP contribution in [0.5, 0.6) is 5.75 Å². The first-order chi connectivity index (χ1) is 9.15. The standard InChI is InChI=1S/C15H15NO2S/c1-11-9-12(17)7-8-14(11)16-15(18)10-19-13-5-3-2-4-6-13/h2-9,17H,10H2,1H3,(H,16,18). The van der Waals surface area contributed by atoms with Gasteiger partial charge in [-0.25, -0.2) is 0 Å². The number of thioether (sulfide) groups is 1. The second kappa shape index (κ2) is 6.29. The number of carbonyl (C=O) groups excluding carboxylic acids is 1. The molecule has 98 valence electrons. The van der Waals surface area contributed by atoms with Crippen molar-refractivity contribution in [3.05, 3.63) is 54.1 Å².